The van der Waals surface area contributed by atoms with Crippen LogP contribution >= 0.6 is 0 Å². The largest absolute Gasteiger partial charge is 0.497 e. The molecule has 1 saturated carbocycles. The standard InChI is InChI=1S/C19H23N3O4/c1-25-12-11-22-17(23)10-9-16(21-22)19(24)20-18(13-3-4-13)14-5-7-15(26-2)8-6-14/h5-10,13,18H,3-4,11-12H2,1-2H3,(H,20,24). The monoisotopic (exact) mass is 357 g/mol. The van der Waals surface area contributed by atoms with Crippen molar-refractivity contribution in [2.45, 2.75) is 25.4 Å². The topological polar surface area (TPSA) is 82.5 Å². The van der Waals surface area contributed by atoms with Gasteiger partial charge >= 0.3 is 0 Å². The van der Waals surface area contributed by atoms with Gasteiger partial charge in [-0.2, -0.15) is 5.10 Å². The van der Waals surface area contributed by atoms with Gasteiger partial charge in [-0.05, 0) is 42.5 Å². The Morgan fingerprint density at radius 3 is 2.58 bits per heavy atom. The summed E-state index contributed by atoms with van der Waals surface area (Å²) in [4.78, 5) is 24.5. The molecule has 1 heterocycles. The number of rotatable bonds is 8. The molecule has 1 aliphatic rings. The Hall–Kier alpha value is -2.67. The molecule has 1 unspecified atom stereocenters. The predicted octanol–water partition coefficient (Wildman–Crippen LogP) is 1.78. The van der Waals surface area contributed by atoms with Crippen LogP contribution in [0.1, 0.15) is 34.9 Å². The predicted molar refractivity (Wildman–Crippen MR) is 96.3 cm³/mol. The van der Waals surface area contributed by atoms with Gasteiger partial charge in [0.05, 0.1) is 26.3 Å². The molecule has 3 rings (SSSR count). The lowest BCUT2D eigenvalue weighted by Crippen LogP contribution is -2.33. The molecular weight excluding hydrogens is 334 g/mol. The molecule has 1 aromatic carbocycles. The van der Waals surface area contributed by atoms with E-state index in [9.17, 15) is 9.59 Å². The maximum Gasteiger partial charge on any atom is 0.272 e. The normalized spacial score (nSPS) is 14.7. The smallest absolute Gasteiger partial charge is 0.272 e. The lowest BCUT2D eigenvalue weighted by Gasteiger charge is -2.19. The molecule has 0 spiro atoms. The Morgan fingerprint density at radius 1 is 1.23 bits per heavy atom. The molecule has 0 radical (unpaired) electrons. The highest BCUT2D eigenvalue weighted by Gasteiger charge is 2.33. The van der Waals surface area contributed by atoms with E-state index in [1.54, 1.807) is 14.2 Å². The Kier molecular flexibility index (Phi) is 5.68. The maximum absolute atomic E-state index is 12.7. The fourth-order valence-corrected chi connectivity index (χ4v) is 2.84. The number of nitrogens with one attached hydrogen (secondary N) is 1. The number of carbonyl (C=O) groups excluding carboxylic acids is 1. The highest BCUT2D eigenvalue weighted by molar-refractivity contribution is 5.92. The molecule has 7 nitrogen and oxygen atoms in total. The van der Waals surface area contributed by atoms with Crippen molar-refractivity contribution in [1.82, 2.24) is 15.1 Å². The average molecular weight is 357 g/mol. The first-order valence-corrected chi connectivity index (χ1v) is 8.64. The van der Waals surface area contributed by atoms with Gasteiger partial charge in [-0.25, -0.2) is 4.68 Å². The first-order valence-electron chi connectivity index (χ1n) is 8.64. The summed E-state index contributed by atoms with van der Waals surface area (Å²) < 4.78 is 11.4. The van der Waals surface area contributed by atoms with Crippen molar-refractivity contribution in [3.05, 3.63) is 58.0 Å². The van der Waals surface area contributed by atoms with Gasteiger partial charge in [-0.15, -0.1) is 0 Å². The third kappa shape index (κ3) is 4.29. The van der Waals surface area contributed by atoms with Gasteiger partial charge in [-0.1, -0.05) is 12.1 Å². The molecule has 1 fully saturated rings. The Bertz CT molecular complexity index is 812. The molecule has 138 valence electrons. The molecule has 1 aromatic heterocycles. The zero-order chi connectivity index (χ0) is 18.5. The summed E-state index contributed by atoms with van der Waals surface area (Å²) in [5.41, 5.74) is 1.00. The van der Waals surface area contributed by atoms with Gasteiger partial charge in [0.15, 0.2) is 0 Å². The Labute approximate surface area is 151 Å². The van der Waals surface area contributed by atoms with Crippen LogP contribution in [0, 0.1) is 5.92 Å². The number of hydrogen-bond donors (Lipinski definition) is 1. The van der Waals surface area contributed by atoms with E-state index in [1.807, 2.05) is 24.3 Å². The summed E-state index contributed by atoms with van der Waals surface area (Å²) in [6.07, 6.45) is 2.16. The molecule has 1 aliphatic carbocycles. The zero-order valence-corrected chi connectivity index (χ0v) is 15.0. The van der Waals surface area contributed by atoms with E-state index in [2.05, 4.69) is 10.4 Å². The van der Waals surface area contributed by atoms with Crippen LogP contribution in [-0.2, 0) is 11.3 Å². The van der Waals surface area contributed by atoms with E-state index in [0.717, 1.165) is 24.2 Å². The van der Waals surface area contributed by atoms with Crippen molar-refractivity contribution in [2.75, 3.05) is 20.8 Å². The van der Waals surface area contributed by atoms with Gasteiger partial charge in [0, 0.05) is 13.2 Å². The van der Waals surface area contributed by atoms with Crippen LogP contribution in [0.4, 0.5) is 0 Å². The number of ether oxygens (including phenoxy) is 2. The molecule has 0 saturated heterocycles. The second-order valence-corrected chi connectivity index (χ2v) is 6.33. The number of carbonyl (C=O) groups is 1. The number of amides is 1. The fourth-order valence-electron chi connectivity index (χ4n) is 2.84. The van der Waals surface area contributed by atoms with Crippen molar-refractivity contribution >= 4 is 5.91 Å². The number of nitrogens with zero attached hydrogens (tertiary/aromatic N) is 2. The van der Waals surface area contributed by atoms with E-state index >= 15 is 0 Å². The molecule has 1 amide bonds. The summed E-state index contributed by atoms with van der Waals surface area (Å²) in [6, 6.07) is 10.5. The van der Waals surface area contributed by atoms with Crippen LogP contribution in [0.5, 0.6) is 5.75 Å². The van der Waals surface area contributed by atoms with Crippen LogP contribution in [0.2, 0.25) is 0 Å². The van der Waals surface area contributed by atoms with Gasteiger partial charge in [0.25, 0.3) is 11.5 Å². The first-order chi connectivity index (χ1) is 12.6. The first kappa shape index (κ1) is 18.1. The highest BCUT2D eigenvalue weighted by Crippen LogP contribution is 2.41. The molecule has 1 N–H and O–H groups in total. The van der Waals surface area contributed by atoms with Gasteiger partial charge in [0.2, 0.25) is 0 Å². The van der Waals surface area contributed by atoms with Gasteiger partial charge in [-0.3, -0.25) is 9.59 Å². The van der Waals surface area contributed by atoms with Crippen LogP contribution in [0.25, 0.3) is 0 Å². The zero-order valence-electron chi connectivity index (χ0n) is 15.0. The molecule has 1 atom stereocenters. The summed E-state index contributed by atoms with van der Waals surface area (Å²) in [5.74, 6) is 0.914. The third-order valence-corrected chi connectivity index (χ3v) is 4.46. The van der Waals surface area contributed by atoms with Gasteiger partial charge < -0.3 is 14.8 Å². The van der Waals surface area contributed by atoms with Crippen molar-refractivity contribution < 1.29 is 14.3 Å². The Balaban J connectivity index is 1.77. The third-order valence-electron chi connectivity index (χ3n) is 4.46. The molecule has 0 aliphatic heterocycles. The summed E-state index contributed by atoms with van der Waals surface area (Å²) in [7, 11) is 3.18. The van der Waals surface area contributed by atoms with Crippen LogP contribution in [0.3, 0.4) is 0 Å². The quantitative estimate of drug-likeness (QED) is 0.779. The fraction of sp³-hybridized carbons (Fsp3) is 0.421. The number of methoxy groups -OCH3 is 2. The lowest BCUT2D eigenvalue weighted by molar-refractivity contribution is 0.0923. The van der Waals surface area contributed by atoms with Gasteiger partial charge in [0.1, 0.15) is 11.4 Å². The van der Waals surface area contributed by atoms with Crippen molar-refractivity contribution in [2.24, 2.45) is 5.92 Å². The molecular formula is C19H23N3O4. The van der Waals surface area contributed by atoms with Crippen LogP contribution < -0.4 is 15.6 Å². The number of benzene rings is 1. The van der Waals surface area contributed by atoms with E-state index in [4.69, 9.17) is 9.47 Å². The molecule has 26 heavy (non-hydrogen) atoms. The van der Waals surface area contributed by atoms with E-state index in [0.29, 0.717) is 19.1 Å². The van der Waals surface area contributed by atoms with Crippen molar-refractivity contribution in [3.8, 4) is 5.75 Å². The summed E-state index contributed by atoms with van der Waals surface area (Å²) >= 11 is 0. The van der Waals surface area contributed by atoms with Crippen LogP contribution in [0.15, 0.2) is 41.2 Å². The van der Waals surface area contributed by atoms with Crippen molar-refractivity contribution in [1.29, 1.82) is 0 Å². The SMILES string of the molecule is COCCn1nc(C(=O)NC(c2ccc(OC)cc2)C2CC2)ccc1=O. The highest BCUT2D eigenvalue weighted by atomic mass is 16.5. The summed E-state index contributed by atoms with van der Waals surface area (Å²) in [5, 5.41) is 7.22. The molecule has 0 bridgehead atoms. The molecule has 7 heteroatoms. The minimum atomic E-state index is -0.288. The average Bonchev–Trinajstić information content (AvgIpc) is 3.50. The second-order valence-electron chi connectivity index (χ2n) is 6.33. The Morgan fingerprint density at radius 2 is 1.96 bits per heavy atom. The minimum Gasteiger partial charge on any atom is -0.497 e. The lowest BCUT2D eigenvalue weighted by atomic mass is 10.0. The second kappa shape index (κ2) is 8.14. The van der Waals surface area contributed by atoms with E-state index in [1.165, 1.54) is 16.8 Å². The van der Waals surface area contributed by atoms with E-state index in [-0.39, 0.29) is 23.2 Å². The van der Waals surface area contributed by atoms with E-state index < -0.39 is 0 Å². The summed E-state index contributed by atoms with van der Waals surface area (Å²) in [6.45, 7) is 0.662. The maximum atomic E-state index is 12.7. The molecule has 2 aromatic rings. The van der Waals surface area contributed by atoms with Crippen molar-refractivity contribution in [3.63, 3.8) is 0 Å². The number of aromatic nitrogens is 2. The number of hydrogen-bond acceptors (Lipinski definition) is 5. The minimum absolute atomic E-state index is 0.0745. The van der Waals surface area contributed by atoms with Crippen LogP contribution in [-0.4, -0.2) is 36.5 Å².